The maximum absolute atomic E-state index is 13.4. The minimum Gasteiger partial charge on any atom is -0.481 e. The zero-order valence-corrected chi connectivity index (χ0v) is 10.4. The van der Waals surface area contributed by atoms with Crippen LogP contribution in [0, 0.1) is 29.0 Å². The molecule has 0 radical (unpaired) electrons. The van der Waals surface area contributed by atoms with E-state index >= 15 is 0 Å². The number of carbonyl (C=O) groups is 1. The number of hydrogen-bond acceptors (Lipinski definition) is 3. The van der Waals surface area contributed by atoms with Gasteiger partial charge in [0.25, 0.3) is 0 Å². The number of anilines is 1. The van der Waals surface area contributed by atoms with Gasteiger partial charge >= 0.3 is 5.97 Å². The Morgan fingerprint density at radius 2 is 2.32 bits per heavy atom. The van der Waals surface area contributed by atoms with Crippen LogP contribution < -0.4 is 5.32 Å². The Bertz CT molecular complexity index is 525. The third-order valence-corrected chi connectivity index (χ3v) is 3.66. The average molecular weight is 262 g/mol. The highest BCUT2D eigenvalue weighted by Crippen LogP contribution is 2.32. The predicted octanol–water partition coefficient (Wildman–Crippen LogP) is 2.61. The Kier molecular flexibility index (Phi) is 4.00. The summed E-state index contributed by atoms with van der Waals surface area (Å²) in [4.78, 5) is 11.1. The Labute approximate surface area is 110 Å². The summed E-state index contributed by atoms with van der Waals surface area (Å²) in [6.07, 6.45) is 2.44. The molecule has 4 nitrogen and oxygen atoms in total. The van der Waals surface area contributed by atoms with Gasteiger partial charge in [0.1, 0.15) is 17.4 Å². The predicted molar refractivity (Wildman–Crippen MR) is 68.1 cm³/mol. The van der Waals surface area contributed by atoms with E-state index in [9.17, 15) is 9.18 Å². The number of halogens is 1. The zero-order valence-electron chi connectivity index (χ0n) is 10.4. The van der Waals surface area contributed by atoms with Crippen molar-refractivity contribution in [1.29, 1.82) is 5.26 Å². The lowest BCUT2D eigenvalue weighted by Crippen LogP contribution is -2.24. The summed E-state index contributed by atoms with van der Waals surface area (Å²) in [5.74, 6) is -1.64. The molecule has 2 atom stereocenters. The van der Waals surface area contributed by atoms with Gasteiger partial charge in [0.05, 0.1) is 11.6 Å². The van der Waals surface area contributed by atoms with Gasteiger partial charge in [-0.15, -0.1) is 0 Å². The lowest BCUT2D eigenvalue weighted by atomic mass is 9.96. The molecule has 2 N–H and O–H groups in total. The fourth-order valence-corrected chi connectivity index (χ4v) is 2.63. The van der Waals surface area contributed by atoms with Crippen molar-refractivity contribution in [3.8, 4) is 6.07 Å². The van der Waals surface area contributed by atoms with Crippen molar-refractivity contribution in [3.05, 3.63) is 29.6 Å². The number of benzene rings is 1. The van der Waals surface area contributed by atoms with Crippen LogP contribution in [0.15, 0.2) is 18.2 Å². The summed E-state index contributed by atoms with van der Waals surface area (Å²) < 4.78 is 13.4. The quantitative estimate of drug-likeness (QED) is 0.874. The van der Waals surface area contributed by atoms with Gasteiger partial charge in [-0.25, -0.2) is 4.39 Å². The van der Waals surface area contributed by atoms with Gasteiger partial charge in [-0.1, -0.05) is 12.5 Å². The van der Waals surface area contributed by atoms with Crippen LogP contribution >= 0.6 is 0 Å². The lowest BCUT2D eigenvalue weighted by Gasteiger charge is -2.17. The second-order valence-electron chi connectivity index (χ2n) is 4.79. The van der Waals surface area contributed by atoms with E-state index in [1.807, 2.05) is 6.07 Å². The molecule has 2 rings (SSSR count). The van der Waals surface area contributed by atoms with Gasteiger partial charge in [0.2, 0.25) is 0 Å². The largest absolute Gasteiger partial charge is 0.481 e. The fraction of sp³-hybridized carbons (Fsp3) is 0.429. The fourth-order valence-electron chi connectivity index (χ4n) is 2.63. The molecule has 1 aromatic rings. The molecule has 0 saturated heterocycles. The average Bonchev–Trinajstić information content (AvgIpc) is 2.84. The normalized spacial score (nSPS) is 21.9. The molecule has 0 aliphatic heterocycles. The van der Waals surface area contributed by atoms with Gasteiger partial charge in [-0.2, -0.15) is 5.26 Å². The van der Waals surface area contributed by atoms with Crippen molar-refractivity contribution < 1.29 is 14.3 Å². The molecule has 1 aromatic carbocycles. The SMILES string of the molecule is N#Cc1c(F)cccc1NCC1CCCC1C(=O)O. The van der Waals surface area contributed by atoms with E-state index in [0.29, 0.717) is 18.7 Å². The Morgan fingerprint density at radius 3 is 3.00 bits per heavy atom. The highest BCUT2D eigenvalue weighted by atomic mass is 19.1. The monoisotopic (exact) mass is 262 g/mol. The van der Waals surface area contributed by atoms with E-state index in [4.69, 9.17) is 10.4 Å². The number of aliphatic carboxylic acids is 1. The highest BCUT2D eigenvalue weighted by Gasteiger charge is 2.32. The number of carboxylic acids is 1. The molecule has 19 heavy (non-hydrogen) atoms. The molecule has 5 heteroatoms. The molecule has 0 aromatic heterocycles. The summed E-state index contributed by atoms with van der Waals surface area (Å²) in [5.41, 5.74) is 0.408. The van der Waals surface area contributed by atoms with Crippen molar-refractivity contribution in [2.24, 2.45) is 11.8 Å². The molecule has 0 spiro atoms. The summed E-state index contributed by atoms with van der Waals surface area (Å²) in [7, 11) is 0. The van der Waals surface area contributed by atoms with E-state index < -0.39 is 11.8 Å². The topological polar surface area (TPSA) is 73.1 Å². The van der Waals surface area contributed by atoms with Gasteiger partial charge in [-0.3, -0.25) is 4.79 Å². The summed E-state index contributed by atoms with van der Waals surface area (Å²) in [6, 6.07) is 6.22. The summed E-state index contributed by atoms with van der Waals surface area (Å²) in [6.45, 7) is 0.453. The molecule has 100 valence electrons. The number of carboxylic acid groups (broad SMARTS) is 1. The first-order valence-electron chi connectivity index (χ1n) is 6.28. The van der Waals surface area contributed by atoms with E-state index in [1.54, 1.807) is 6.07 Å². The molecule has 0 heterocycles. The maximum atomic E-state index is 13.4. The number of nitriles is 1. The summed E-state index contributed by atoms with van der Waals surface area (Å²) >= 11 is 0. The first kappa shape index (κ1) is 13.3. The number of rotatable bonds is 4. The number of nitrogens with one attached hydrogen (secondary N) is 1. The third kappa shape index (κ3) is 2.84. The maximum Gasteiger partial charge on any atom is 0.306 e. The standard InChI is InChI=1S/C14H15FN2O2/c15-12-5-2-6-13(11(12)7-16)17-8-9-3-1-4-10(9)14(18)19/h2,5-6,9-10,17H,1,3-4,8H2,(H,18,19). The van der Waals surface area contributed by atoms with E-state index in [1.165, 1.54) is 12.1 Å². The molecule has 1 fully saturated rings. The molecule has 1 aliphatic carbocycles. The van der Waals surface area contributed by atoms with Gasteiger partial charge in [-0.05, 0) is 30.9 Å². The highest BCUT2D eigenvalue weighted by molar-refractivity contribution is 5.71. The van der Waals surface area contributed by atoms with E-state index in [-0.39, 0.29) is 17.4 Å². The van der Waals surface area contributed by atoms with Crippen LogP contribution in [-0.2, 0) is 4.79 Å². The van der Waals surface area contributed by atoms with Crippen molar-refractivity contribution in [2.75, 3.05) is 11.9 Å². The molecule has 1 saturated carbocycles. The smallest absolute Gasteiger partial charge is 0.306 e. The minimum absolute atomic E-state index is 0.0210. The molecule has 0 bridgehead atoms. The van der Waals surface area contributed by atoms with Crippen molar-refractivity contribution in [1.82, 2.24) is 0 Å². The molecule has 2 unspecified atom stereocenters. The summed E-state index contributed by atoms with van der Waals surface area (Å²) in [5, 5.41) is 21.0. The number of nitrogens with zero attached hydrogens (tertiary/aromatic N) is 1. The zero-order chi connectivity index (χ0) is 13.8. The van der Waals surface area contributed by atoms with E-state index in [2.05, 4.69) is 5.32 Å². The van der Waals surface area contributed by atoms with Crippen LogP contribution in [0.25, 0.3) is 0 Å². The molecular weight excluding hydrogens is 247 g/mol. The van der Waals surface area contributed by atoms with Crippen molar-refractivity contribution in [2.45, 2.75) is 19.3 Å². The van der Waals surface area contributed by atoms with E-state index in [0.717, 1.165) is 12.8 Å². The third-order valence-electron chi connectivity index (χ3n) is 3.66. The Hall–Kier alpha value is -2.09. The van der Waals surface area contributed by atoms with Crippen LogP contribution in [0.5, 0.6) is 0 Å². The second-order valence-corrected chi connectivity index (χ2v) is 4.79. The minimum atomic E-state index is -0.774. The van der Waals surface area contributed by atoms with Crippen LogP contribution in [0.1, 0.15) is 24.8 Å². The number of hydrogen-bond donors (Lipinski definition) is 2. The van der Waals surface area contributed by atoms with Crippen LogP contribution in [0.2, 0.25) is 0 Å². The van der Waals surface area contributed by atoms with Crippen LogP contribution in [0.3, 0.4) is 0 Å². The van der Waals surface area contributed by atoms with Gasteiger partial charge in [0, 0.05) is 6.54 Å². The molecular formula is C14H15FN2O2. The van der Waals surface area contributed by atoms with Crippen molar-refractivity contribution >= 4 is 11.7 Å². The van der Waals surface area contributed by atoms with Crippen LogP contribution in [-0.4, -0.2) is 17.6 Å². The van der Waals surface area contributed by atoms with Crippen LogP contribution in [0.4, 0.5) is 10.1 Å². The Morgan fingerprint density at radius 1 is 1.53 bits per heavy atom. The van der Waals surface area contributed by atoms with Gasteiger partial charge < -0.3 is 10.4 Å². The molecule has 1 aliphatic rings. The lowest BCUT2D eigenvalue weighted by molar-refractivity contribution is -0.142. The molecule has 0 amide bonds. The first-order valence-corrected chi connectivity index (χ1v) is 6.28. The first-order chi connectivity index (χ1) is 9.13. The van der Waals surface area contributed by atoms with Gasteiger partial charge in [0.15, 0.2) is 0 Å². The van der Waals surface area contributed by atoms with Crippen molar-refractivity contribution in [3.63, 3.8) is 0 Å². The second kappa shape index (κ2) is 5.70. The Balaban J connectivity index is 2.05.